The Morgan fingerprint density at radius 2 is 1.97 bits per heavy atom. The monoisotopic (exact) mass is 445 g/mol. The molecule has 1 aliphatic heterocycles. The van der Waals surface area contributed by atoms with Crippen LogP contribution in [0.5, 0.6) is 0 Å². The summed E-state index contributed by atoms with van der Waals surface area (Å²) in [6, 6.07) is 9.07. The van der Waals surface area contributed by atoms with Gasteiger partial charge in [0.05, 0.1) is 5.69 Å². The Bertz CT molecular complexity index is 883. The largest absolute Gasteiger partial charge is 0.444 e. The summed E-state index contributed by atoms with van der Waals surface area (Å²) in [5, 5.41) is 7.68. The Kier molecular flexibility index (Phi) is 6.58. The Labute approximate surface area is 187 Å². The van der Waals surface area contributed by atoms with Crippen LogP contribution >= 0.6 is 23.1 Å². The van der Waals surface area contributed by atoms with Gasteiger partial charge >= 0.3 is 6.09 Å². The van der Waals surface area contributed by atoms with Crippen LogP contribution in [-0.2, 0) is 11.2 Å². The molecular weight excluding hydrogens is 414 g/mol. The Balaban J connectivity index is 1.29. The molecule has 162 valence electrons. The molecule has 2 aliphatic rings. The number of nitrogens with one attached hydrogen (secondary N) is 2. The third kappa shape index (κ3) is 5.49. The number of hydrogen-bond acceptors (Lipinski definition) is 6. The second-order valence-electron chi connectivity index (χ2n) is 9.13. The number of hydrogen-bond donors (Lipinski definition) is 2. The summed E-state index contributed by atoms with van der Waals surface area (Å²) in [6.45, 7) is 6.36. The number of carbonyl (C=O) groups excluding carboxylic acids is 1. The van der Waals surface area contributed by atoms with E-state index in [1.54, 1.807) is 0 Å². The van der Waals surface area contributed by atoms with E-state index in [0.717, 1.165) is 43.0 Å². The minimum atomic E-state index is -0.448. The molecule has 1 aromatic carbocycles. The molecule has 4 rings (SSSR count). The molecular formula is C23H31N3O2S2. The van der Waals surface area contributed by atoms with Gasteiger partial charge in [0.25, 0.3) is 0 Å². The molecule has 0 spiro atoms. The van der Waals surface area contributed by atoms with E-state index < -0.39 is 5.60 Å². The van der Waals surface area contributed by atoms with Crippen molar-refractivity contribution >= 4 is 34.3 Å². The number of benzene rings is 1. The molecule has 1 amide bonds. The number of thioether (sulfide) groups is 1. The lowest BCUT2D eigenvalue weighted by Gasteiger charge is -2.29. The molecule has 7 heteroatoms. The lowest BCUT2D eigenvalue weighted by atomic mass is 9.86. The van der Waals surface area contributed by atoms with Crippen molar-refractivity contribution in [2.45, 2.75) is 69.4 Å². The van der Waals surface area contributed by atoms with Gasteiger partial charge in [-0.05, 0) is 64.9 Å². The number of anilines is 1. The van der Waals surface area contributed by atoms with E-state index in [-0.39, 0.29) is 6.09 Å². The number of nitrogens with zero attached hydrogens (tertiary/aromatic N) is 1. The van der Waals surface area contributed by atoms with Crippen molar-refractivity contribution < 1.29 is 9.53 Å². The zero-order chi connectivity index (χ0) is 21.1. The van der Waals surface area contributed by atoms with E-state index in [0.29, 0.717) is 18.5 Å². The van der Waals surface area contributed by atoms with E-state index in [4.69, 9.17) is 9.72 Å². The summed E-state index contributed by atoms with van der Waals surface area (Å²) in [6.07, 6.45) is 5.20. The first-order valence-electron chi connectivity index (χ1n) is 10.8. The molecule has 2 heterocycles. The highest BCUT2D eigenvalue weighted by Gasteiger charge is 2.25. The fourth-order valence-electron chi connectivity index (χ4n) is 4.06. The van der Waals surface area contributed by atoms with Gasteiger partial charge in [-0.3, -0.25) is 0 Å². The molecule has 0 radical (unpaired) electrons. The molecule has 1 aliphatic carbocycles. The molecule has 2 aromatic rings. The number of aryl methyl sites for hydroxylation is 1. The highest BCUT2D eigenvalue weighted by Crippen LogP contribution is 2.41. The Hall–Kier alpha value is -1.73. The number of thiazole rings is 1. The fraction of sp³-hybridized carbons (Fsp3) is 0.565. The summed E-state index contributed by atoms with van der Waals surface area (Å²) in [5.41, 5.74) is 1.99. The maximum Gasteiger partial charge on any atom is 0.407 e. The molecule has 1 fully saturated rings. The predicted octanol–water partition coefficient (Wildman–Crippen LogP) is 5.95. The van der Waals surface area contributed by atoms with Crippen LogP contribution in [-0.4, -0.2) is 35.0 Å². The van der Waals surface area contributed by atoms with E-state index in [1.165, 1.54) is 21.0 Å². The number of rotatable bonds is 4. The molecule has 0 bridgehead atoms. The van der Waals surface area contributed by atoms with Gasteiger partial charge in [0.2, 0.25) is 0 Å². The van der Waals surface area contributed by atoms with Crippen molar-refractivity contribution in [2.24, 2.45) is 5.92 Å². The van der Waals surface area contributed by atoms with Crippen LogP contribution in [0.2, 0.25) is 0 Å². The zero-order valence-electron chi connectivity index (χ0n) is 18.0. The van der Waals surface area contributed by atoms with Crippen LogP contribution in [0.4, 0.5) is 9.93 Å². The summed E-state index contributed by atoms with van der Waals surface area (Å²) in [5.74, 6) is 1.63. The second-order valence-corrected chi connectivity index (χ2v) is 11.4. The first-order valence-corrected chi connectivity index (χ1v) is 12.6. The number of amides is 1. The van der Waals surface area contributed by atoms with E-state index in [2.05, 4.69) is 34.9 Å². The van der Waals surface area contributed by atoms with Gasteiger partial charge in [0.1, 0.15) is 5.60 Å². The van der Waals surface area contributed by atoms with Crippen molar-refractivity contribution in [1.29, 1.82) is 0 Å². The van der Waals surface area contributed by atoms with Crippen LogP contribution in [0.3, 0.4) is 0 Å². The molecule has 2 N–H and O–H groups in total. The minimum absolute atomic E-state index is 0.314. The number of alkyl carbamates (subject to hydrolysis) is 1. The lowest BCUT2D eigenvalue weighted by Crippen LogP contribution is -2.37. The average Bonchev–Trinajstić information content (AvgIpc) is 3.01. The molecule has 0 atom stereocenters. The van der Waals surface area contributed by atoms with Crippen LogP contribution in [0, 0.1) is 5.92 Å². The second kappa shape index (κ2) is 9.18. The van der Waals surface area contributed by atoms with E-state index in [9.17, 15) is 4.79 Å². The smallest absolute Gasteiger partial charge is 0.407 e. The lowest BCUT2D eigenvalue weighted by molar-refractivity contribution is 0.0515. The molecule has 0 unspecified atom stereocenters. The third-order valence-electron chi connectivity index (χ3n) is 5.53. The molecule has 0 saturated heterocycles. The molecule has 1 saturated carbocycles. The fourth-order valence-corrected chi connectivity index (χ4v) is 6.27. The van der Waals surface area contributed by atoms with E-state index in [1.807, 2.05) is 43.9 Å². The van der Waals surface area contributed by atoms with Gasteiger partial charge in [-0.1, -0.05) is 18.2 Å². The first kappa shape index (κ1) is 21.5. The summed E-state index contributed by atoms with van der Waals surface area (Å²) in [7, 11) is 0. The van der Waals surface area contributed by atoms with Gasteiger partial charge in [-0.2, -0.15) is 0 Å². The Morgan fingerprint density at radius 1 is 1.20 bits per heavy atom. The van der Waals surface area contributed by atoms with Crippen LogP contribution < -0.4 is 10.6 Å². The quantitative estimate of drug-likeness (QED) is 0.608. The van der Waals surface area contributed by atoms with Crippen molar-refractivity contribution in [3.63, 3.8) is 0 Å². The highest BCUT2D eigenvalue weighted by atomic mass is 32.2. The SMILES string of the molecule is CC(C)(C)OC(=O)NCC1CCC(Nc2nc3c(s2)CCSc2ccccc2-3)CC1. The van der Waals surface area contributed by atoms with Crippen LogP contribution in [0.1, 0.15) is 51.3 Å². The predicted molar refractivity (Wildman–Crippen MR) is 126 cm³/mol. The maximum atomic E-state index is 11.9. The summed E-state index contributed by atoms with van der Waals surface area (Å²) >= 11 is 3.75. The van der Waals surface area contributed by atoms with Crippen molar-refractivity contribution in [2.75, 3.05) is 17.6 Å². The third-order valence-corrected chi connectivity index (χ3v) is 7.66. The van der Waals surface area contributed by atoms with E-state index >= 15 is 0 Å². The van der Waals surface area contributed by atoms with Crippen molar-refractivity contribution in [3.8, 4) is 11.3 Å². The maximum absolute atomic E-state index is 11.9. The van der Waals surface area contributed by atoms with Gasteiger partial charge in [-0.25, -0.2) is 9.78 Å². The number of carbonyl (C=O) groups is 1. The van der Waals surface area contributed by atoms with Crippen LogP contribution in [0.25, 0.3) is 11.3 Å². The van der Waals surface area contributed by atoms with Gasteiger partial charge in [-0.15, -0.1) is 23.1 Å². The van der Waals surface area contributed by atoms with Gasteiger partial charge < -0.3 is 15.4 Å². The number of aromatic nitrogens is 1. The standard InChI is InChI=1S/C23H31N3O2S2/c1-23(2,3)28-22(27)24-14-15-8-10-16(11-9-15)25-21-26-20-17-6-4-5-7-18(17)29-13-12-19(20)30-21/h4-7,15-16H,8-14H2,1-3H3,(H,24,27)(H,25,26). The van der Waals surface area contributed by atoms with Crippen molar-refractivity contribution in [1.82, 2.24) is 10.3 Å². The summed E-state index contributed by atoms with van der Waals surface area (Å²) < 4.78 is 5.33. The number of fused-ring (bicyclic) bond motifs is 3. The minimum Gasteiger partial charge on any atom is -0.444 e. The van der Waals surface area contributed by atoms with Crippen LogP contribution in [0.15, 0.2) is 29.2 Å². The normalized spacial score (nSPS) is 21.2. The summed E-state index contributed by atoms with van der Waals surface area (Å²) in [4.78, 5) is 19.6. The highest BCUT2D eigenvalue weighted by molar-refractivity contribution is 7.99. The molecule has 5 nitrogen and oxygen atoms in total. The zero-order valence-corrected chi connectivity index (χ0v) is 19.6. The van der Waals surface area contributed by atoms with Gasteiger partial charge in [0.15, 0.2) is 5.13 Å². The average molecular weight is 446 g/mol. The molecule has 1 aromatic heterocycles. The van der Waals surface area contributed by atoms with Gasteiger partial charge in [0, 0.05) is 33.7 Å². The first-order chi connectivity index (χ1) is 14.4. The van der Waals surface area contributed by atoms with Crippen molar-refractivity contribution in [3.05, 3.63) is 29.1 Å². The topological polar surface area (TPSA) is 63.2 Å². The molecule has 30 heavy (non-hydrogen) atoms. The number of ether oxygens (including phenoxy) is 1. The Morgan fingerprint density at radius 3 is 2.73 bits per heavy atom.